The van der Waals surface area contributed by atoms with Crippen LogP contribution in [-0.2, 0) is 20.8 Å². The third-order valence-electron chi connectivity index (χ3n) is 6.38. The molecule has 0 saturated carbocycles. The number of likely N-dealkylation sites (tertiary alicyclic amines) is 1. The molecule has 8 heteroatoms. The molecule has 5 rings (SSSR count). The third kappa shape index (κ3) is 5.96. The van der Waals surface area contributed by atoms with Crippen molar-refractivity contribution < 1.29 is 19.2 Å². The Balaban J connectivity index is 1.16. The molecule has 182 valence electrons. The number of fused-ring (bicyclic) bond motifs is 1. The van der Waals surface area contributed by atoms with E-state index in [4.69, 9.17) is 9.57 Å². The fraction of sp³-hybridized carbons (Fsp3) is 0.370. The van der Waals surface area contributed by atoms with Crippen molar-refractivity contribution in [2.45, 2.75) is 44.8 Å². The number of aromatic nitrogens is 2. The van der Waals surface area contributed by atoms with E-state index in [-0.39, 0.29) is 18.1 Å². The second-order valence-corrected chi connectivity index (χ2v) is 9.05. The minimum atomic E-state index is -0.365. The number of rotatable bonds is 7. The maximum atomic E-state index is 12.7. The standard InChI is InChI=1S/C27H30N4O4/c32-25(30-35-26-5-1-4-16-34-26)13-10-19-6-8-20(9-7-19)17-24-28-22-12-11-21(18-23(22)29-24)27(33)31-14-2-3-15-31/h6-13,18,26H,1-5,14-17H2,(H,28,29)(H,30,32)/b13-10+. The third-order valence-corrected chi connectivity index (χ3v) is 6.38. The molecule has 2 aromatic carbocycles. The van der Waals surface area contributed by atoms with E-state index >= 15 is 0 Å². The SMILES string of the molecule is O=C(/C=C/c1ccc(Cc2nc3ccc(C(=O)N4CCCC4)cc3[nH]2)cc1)NOC1CCCCO1. The zero-order valence-corrected chi connectivity index (χ0v) is 19.7. The summed E-state index contributed by atoms with van der Waals surface area (Å²) in [6.45, 7) is 2.34. The Bertz CT molecular complexity index is 1210. The molecule has 1 atom stereocenters. The number of ether oxygens (including phenoxy) is 1. The van der Waals surface area contributed by atoms with E-state index in [1.807, 2.05) is 47.4 Å². The summed E-state index contributed by atoms with van der Waals surface area (Å²) in [7, 11) is 0. The van der Waals surface area contributed by atoms with Gasteiger partial charge in [0.15, 0.2) is 6.29 Å². The molecule has 3 heterocycles. The molecule has 2 aliphatic heterocycles. The first-order valence-electron chi connectivity index (χ1n) is 12.3. The Kier molecular flexibility index (Phi) is 7.20. The highest BCUT2D eigenvalue weighted by molar-refractivity contribution is 5.97. The molecule has 0 aliphatic carbocycles. The van der Waals surface area contributed by atoms with Crippen LogP contribution in [0.15, 0.2) is 48.5 Å². The summed E-state index contributed by atoms with van der Waals surface area (Å²) in [5.41, 5.74) is 6.85. The predicted octanol–water partition coefficient (Wildman–Crippen LogP) is 3.98. The van der Waals surface area contributed by atoms with Gasteiger partial charge in [-0.25, -0.2) is 15.3 Å². The number of hydroxylamine groups is 1. The minimum absolute atomic E-state index is 0.0896. The van der Waals surface area contributed by atoms with E-state index in [0.717, 1.165) is 73.2 Å². The van der Waals surface area contributed by atoms with Crippen molar-refractivity contribution in [3.8, 4) is 0 Å². The number of H-pyrrole nitrogens is 1. The van der Waals surface area contributed by atoms with Crippen LogP contribution in [0.3, 0.4) is 0 Å². The first-order chi connectivity index (χ1) is 17.1. The van der Waals surface area contributed by atoms with Gasteiger partial charge in [0.25, 0.3) is 11.8 Å². The number of hydrogen-bond donors (Lipinski definition) is 2. The number of carbonyl (C=O) groups excluding carboxylic acids is 2. The fourth-order valence-electron chi connectivity index (χ4n) is 4.46. The lowest BCUT2D eigenvalue weighted by molar-refractivity contribution is -0.198. The van der Waals surface area contributed by atoms with Crippen LogP contribution in [-0.4, -0.2) is 52.7 Å². The van der Waals surface area contributed by atoms with Crippen molar-refractivity contribution in [3.05, 3.63) is 71.1 Å². The second-order valence-electron chi connectivity index (χ2n) is 9.05. The van der Waals surface area contributed by atoms with Gasteiger partial charge in [0, 0.05) is 44.2 Å². The van der Waals surface area contributed by atoms with Gasteiger partial charge in [-0.3, -0.25) is 9.59 Å². The molecule has 1 unspecified atom stereocenters. The average Bonchev–Trinajstić information content (AvgIpc) is 3.57. The van der Waals surface area contributed by atoms with Crippen molar-refractivity contribution in [1.29, 1.82) is 0 Å². The van der Waals surface area contributed by atoms with Gasteiger partial charge < -0.3 is 14.6 Å². The second kappa shape index (κ2) is 10.8. The summed E-state index contributed by atoms with van der Waals surface area (Å²) < 4.78 is 5.42. The Morgan fingerprint density at radius 1 is 1.11 bits per heavy atom. The van der Waals surface area contributed by atoms with E-state index in [9.17, 15) is 9.59 Å². The van der Waals surface area contributed by atoms with E-state index in [2.05, 4.69) is 15.4 Å². The number of hydrogen-bond acceptors (Lipinski definition) is 5. The van der Waals surface area contributed by atoms with Crippen LogP contribution in [0.5, 0.6) is 0 Å². The van der Waals surface area contributed by atoms with Crippen LogP contribution >= 0.6 is 0 Å². The highest BCUT2D eigenvalue weighted by Crippen LogP contribution is 2.19. The number of aromatic amines is 1. The van der Waals surface area contributed by atoms with Crippen molar-refractivity contribution >= 4 is 28.9 Å². The summed E-state index contributed by atoms with van der Waals surface area (Å²) in [5.74, 6) is 0.607. The molecule has 2 fully saturated rings. The predicted molar refractivity (Wildman–Crippen MR) is 132 cm³/mol. The van der Waals surface area contributed by atoms with Crippen molar-refractivity contribution in [1.82, 2.24) is 20.3 Å². The lowest BCUT2D eigenvalue weighted by atomic mass is 10.1. The van der Waals surface area contributed by atoms with Gasteiger partial charge >= 0.3 is 0 Å². The fourth-order valence-corrected chi connectivity index (χ4v) is 4.46. The lowest BCUT2D eigenvalue weighted by Crippen LogP contribution is -2.32. The van der Waals surface area contributed by atoms with E-state index < -0.39 is 0 Å². The van der Waals surface area contributed by atoms with Gasteiger partial charge in [-0.15, -0.1) is 0 Å². The summed E-state index contributed by atoms with van der Waals surface area (Å²) in [4.78, 5) is 39.9. The van der Waals surface area contributed by atoms with Gasteiger partial charge in [-0.05, 0) is 61.1 Å². The minimum Gasteiger partial charge on any atom is -0.350 e. The van der Waals surface area contributed by atoms with Crippen molar-refractivity contribution in [3.63, 3.8) is 0 Å². The molecule has 35 heavy (non-hydrogen) atoms. The first kappa shape index (κ1) is 23.3. The average molecular weight is 475 g/mol. The Morgan fingerprint density at radius 3 is 2.71 bits per heavy atom. The lowest BCUT2D eigenvalue weighted by Gasteiger charge is -2.21. The zero-order chi connectivity index (χ0) is 24.0. The Labute approximate surface area is 204 Å². The molecule has 2 saturated heterocycles. The maximum absolute atomic E-state index is 12.7. The van der Waals surface area contributed by atoms with Gasteiger partial charge in [0.2, 0.25) is 0 Å². The van der Waals surface area contributed by atoms with Gasteiger partial charge in [-0.1, -0.05) is 24.3 Å². The Hall–Kier alpha value is -3.49. The largest absolute Gasteiger partial charge is 0.350 e. The van der Waals surface area contributed by atoms with E-state index in [0.29, 0.717) is 18.6 Å². The molecular formula is C27H30N4O4. The topological polar surface area (TPSA) is 96.6 Å². The quantitative estimate of drug-likeness (QED) is 0.399. The number of nitrogens with one attached hydrogen (secondary N) is 2. The number of carbonyl (C=O) groups is 2. The summed E-state index contributed by atoms with van der Waals surface area (Å²) >= 11 is 0. The molecular weight excluding hydrogens is 444 g/mol. The van der Waals surface area contributed by atoms with Crippen LogP contribution in [0.2, 0.25) is 0 Å². The zero-order valence-electron chi connectivity index (χ0n) is 19.7. The summed E-state index contributed by atoms with van der Waals surface area (Å²) in [6.07, 6.45) is 8.47. The number of imidazole rings is 1. The summed E-state index contributed by atoms with van der Waals surface area (Å²) in [5, 5.41) is 0. The molecule has 0 radical (unpaired) electrons. The number of amides is 2. The highest BCUT2D eigenvalue weighted by atomic mass is 16.8. The molecule has 2 N–H and O–H groups in total. The number of benzene rings is 2. The molecule has 1 aromatic heterocycles. The molecule has 3 aromatic rings. The van der Waals surface area contributed by atoms with E-state index in [1.54, 1.807) is 6.08 Å². The van der Waals surface area contributed by atoms with Gasteiger partial charge in [-0.2, -0.15) is 0 Å². The van der Waals surface area contributed by atoms with Crippen LogP contribution in [0.1, 0.15) is 59.4 Å². The monoisotopic (exact) mass is 474 g/mol. The first-order valence-corrected chi connectivity index (χ1v) is 12.3. The molecule has 8 nitrogen and oxygen atoms in total. The molecule has 0 bridgehead atoms. The van der Waals surface area contributed by atoms with Crippen LogP contribution in [0.4, 0.5) is 0 Å². The Morgan fingerprint density at radius 2 is 1.94 bits per heavy atom. The summed E-state index contributed by atoms with van der Waals surface area (Å²) in [6, 6.07) is 13.6. The maximum Gasteiger partial charge on any atom is 0.267 e. The van der Waals surface area contributed by atoms with Gasteiger partial charge in [0.05, 0.1) is 11.0 Å². The van der Waals surface area contributed by atoms with E-state index in [1.165, 1.54) is 6.08 Å². The molecule has 0 spiro atoms. The van der Waals surface area contributed by atoms with Crippen LogP contribution < -0.4 is 5.48 Å². The highest BCUT2D eigenvalue weighted by Gasteiger charge is 2.20. The number of nitrogens with zero attached hydrogens (tertiary/aromatic N) is 2. The van der Waals surface area contributed by atoms with Crippen LogP contribution in [0.25, 0.3) is 17.1 Å². The van der Waals surface area contributed by atoms with Crippen LogP contribution in [0, 0.1) is 0 Å². The normalized spacial score (nSPS) is 18.4. The smallest absolute Gasteiger partial charge is 0.267 e. The van der Waals surface area contributed by atoms with Crippen molar-refractivity contribution in [2.24, 2.45) is 0 Å². The van der Waals surface area contributed by atoms with Gasteiger partial charge in [0.1, 0.15) is 5.82 Å². The van der Waals surface area contributed by atoms with Crippen molar-refractivity contribution in [2.75, 3.05) is 19.7 Å². The molecule has 2 amide bonds. The molecule has 2 aliphatic rings.